The molecule has 0 spiro atoms. The quantitative estimate of drug-likeness (QED) is 0.645. The van der Waals surface area contributed by atoms with Gasteiger partial charge in [0.15, 0.2) is 0 Å². The lowest BCUT2D eigenvalue weighted by molar-refractivity contribution is 0.583. The summed E-state index contributed by atoms with van der Waals surface area (Å²) in [5.41, 5.74) is 10.5. The normalized spacial score (nSPS) is 11.0. The molecular formula is C17H19ClN4O2S. The van der Waals surface area contributed by atoms with Crippen molar-refractivity contribution in [3.63, 3.8) is 0 Å². The summed E-state index contributed by atoms with van der Waals surface area (Å²) in [6, 6.07) is 15.6. The zero-order chi connectivity index (χ0) is 18.3. The van der Waals surface area contributed by atoms with E-state index in [1.54, 1.807) is 48.7 Å². The standard InChI is InChI=1S/C12H13ClN2O2S.C5H6N2/c13-11-5-1-4-10-9(11)3-2-6-12(10)18(16,17)15-8-7-14;6-5-3-1-2-4-7-5/h1-6,15H,7-8,14H2;1-4H,(H2,6,7). The van der Waals surface area contributed by atoms with E-state index in [9.17, 15) is 8.42 Å². The molecule has 0 aliphatic heterocycles. The predicted molar refractivity (Wildman–Crippen MR) is 102 cm³/mol. The van der Waals surface area contributed by atoms with E-state index in [0.717, 1.165) is 5.39 Å². The number of pyridine rings is 1. The van der Waals surface area contributed by atoms with Crippen LogP contribution in [0, 0.1) is 0 Å². The molecule has 1 aromatic heterocycles. The van der Waals surface area contributed by atoms with E-state index < -0.39 is 10.0 Å². The summed E-state index contributed by atoms with van der Waals surface area (Å²) < 4.78 is 26.7. The Hall–Kier alpha value is -2.19. The Bertz CT molecular complexity index is 934. The molecular weight excluding hydrogens is 360 g/mol. The largest absolute Gasteiger partial charge is 0.384 e. The minimum Gasteiger partial charge on any atom is -0.384 e. The highest BCUT2D eigenvalue weighted by atomic mass is 35.5. The summed E-state index contributed by atoms with van der Waals surface area (Å²) in [6.45, 7) is 0.462. The Kier molecular flexibility index (Phi) is 6.72. The van der Waals surface area contributed by atoms with Gasteiger partial charge < -0.3 is 11.5 Å². The van der Waals surface area contributed by atoms with E-state index in [2.05, 4.69) is 9.71 Å². The molecule has 6 nitrogen and oxygen atoms in total. The van der Waals surface area contributed by atoms with Gasteiger partial charge in [0.2, 0.25) is 10.0 Å². The number of hydrogen-bond acceptors (Lipinski definition) is 5. The van der Waals surface area contributed by atoms with Crippen molar-refractivity contribution < 1.29 is 8.42 Å². The van der Waals surface area contributed by atoms with Gasteiger partial charge in [0.05, 0.1) is 4.90 Å². The van der Waals surface area contributed by atoms with Crippen LogP contribution in [-0.4, -0.2) is 26.5 Å². The third-order valence-corrected chi connectivity index (χ3v) is 5.09. The molecule has 5 N–H and O–H groups in total. The molecule has 1 heterocycles. The molecule has 0 bridgehead atoms. The van der Waals surface area contributed by atoms with Crippen LogP contribution < -0.4 is 16.2 Å². The first-order valence-electron chi connectivity index (χ1n) is 7.49. The van der Waals surface area contributed by atoms with Crippen molar-refractivity contribution >= 4 is 38.2 Å². The molecule has 3 aromatic rings. The van der Waals surface area contributed by atoms with Crippen LogP contribution in [0.4, 0.5) is 5.82 Å². The molecule has 0 aliphatic carbocycles. The van der Waals surface area contributed by atoms with Crippen LogP contribution in [0.2, 0.25) is 5.02 Å². The molecule has 0 saturated heterocycles. The van der Waals surface area contributed by atoms with E-state index in [0.29, 0.717) is 16.2 Å². The van der Waals surface area contributed by atoms with Gasteiger partial charge in [0.1, 0.15) is 5.82 Å². The van der Waals surface area contributed by atoms with Crippen LogP contribution in [0.5, 0.6) is 0 Å². The second kappa shape index (κ2) is 8.77. The molecule has 0 amide bonds. The van der Waals surface area contributed by atoms with E-state index in [1.165, 1.54) is 0 Å². The van der Waals surface area contributed by atoms with E-state index in [1.807, 2.05) is 12.1 Å². The lowest BCUT2D eigenvalue weighted by Gasteiger charge is -2.09. The van der Waals surface area contributed by atoms with Crippen LogP contribution in [0.1, 0.15) is 0 Å². The van der Waals surface area contributed by atoms with Crippen molar-refractivity contribution in [1.29, 1.82) is 0 Å². The zero-order valence-corrected chi connectivity index (χ0v) is 15.0. The topological polar surface area (TPSA) is 111 Å². The SMILES string of the molecule is NCCNS(=O)(=O)c1cccc2c(Cl)cccc12.Nc1ccccn1. The first-order valence-corrected chi connectivity index (χ1v) is 9.35. The lowest BCUT2D eigenvalue weighted by atomic mass is 10.1. The van der Waals surface area contributed by atoms with Crippen LogP contribution in [0.3, 0.4) is 0 Å². The molecule has 0 unspecified atom stereocenters. The minimum atomic E-state index is -3.55. The van der Waals surface area contributed by atoms with Crippen LogP contribution in [-0.2, 0) is 10.0 Å². The molecule has 0 atom stereocenters. The number of hydrogen-bond donors (Lipinski definition) is 3. The van der Waals surface area contributed by atoms with Crippen LogP contribution in [0.25, 0.3) is 10.8 Å². The molecule has 8 heteroatoms. The number of nitrogens with two attached hydrogens (primary N) is 2. The second-order valence-electron chi connectivity index (χ2n) is 5.03. The first-order chi connectivity index (χ1) is 12.0. The van der Waals surface area contributed by atoms with Crippen molar-refractivity contribution in [1.82, 2.24) is 9.71 Å². The Morgan fingerprint density at radius 3 is 2.32 bits per heavy atom. The third-order valence-electron chi connectivity index (χ3n) is 3.24. The first kappa shape index (κ1) is 19.1. The monoisotopic (exact) mass is 378 g/mol. The van der Waals surface area contributed by atoms with Gasteiger partial charge in [-0.25, -0.2) is 18.1 Å². The molecule has 132 valence electrons. The predicted octanol–water partition coefficient (Wildman–Crippen LogP) is 2.39. The number of anilines is 1. The maximum atomic E-state index is 12.1. The van der Waals surface area contributed by atoms with Gasteiger partial charge in [0.25, 0.3) is 0 Å². The number of nitrogen functional groups attached to an aromatic ring is 1. The van der Waals surface area contributed by atoms with Gasteiger partial charge in [-0.15, -0.1) is 0 Å². The summed E-state index contributed by atoms with van der Waals surface area (Å²) in [7, 11) is -3.55. The molecule has 0 aliphatic rings. The molecule has 3 rings (SSSR count). The van der Waals surface area contributed by atoms with Gasteiger partial charge in [-0.1, -0.05) is 41.9 Å². The van der Waals surface area contributed by atoms with Gasteiger partial charge in [0, 0.05) is 35.1 Å². The summed E-state index contributed by atoms with van der Waals surface area (Å²) in [4.78, 5) is 3.98. The highest BCUT2D eigenvalue weighted by molar-refractivity contribution is 7.89. The maximum Gasteiger partial charge on any atom is 0.241 e. The number of sulfonamides is 1. The highest BCUT2D eigenvalue weighted by Gasteiger charge is 2.16. The molecule has 0 fully saturated rings. The Morgan fingerprint density at radius 1 is 1.00 bits per heavy atom. The van der Waals surface area contributed by atoms with Gasteiger partial charge in [-0.3, -0.25) is 0 Å². The molecule has 0 radical (unpaired) electrons. The Balaban J connectivity index is 0.000000269. The van der Waals surface area contributed by atoms with Crippen molar-refractivity contribution in [2.24, 2.45) is 5.73 Å². The maximum absolute atomic E-state index is 12.1. The highest BCUT2D eigenvalue weighted by Crippen LogP contribution is 2.28. The van der Waals surface area contributed by atoms with Crippen molar-refractivity contribution in [2.45, 2.75) is 4.90 Å². The third kappa shape index (κ3) is 5.14. The number of fused-ring (bicyclic) bond motifs is 1. The minimum absolute atomic E-state index is 0.208. The van der Waals surface area contributed by atoms with Crippen molar-refractivity contribution in [3.05, 3.63) is 65.8 Å². The average molecular weight is 379 g/mol. The number of rotatable bonds is 4. The molecule has 2 aromatic carbocycles. The van der Waals surface area contributed by atoms with E-state index >= 15 is 0 Å². The van der Waals surface area contributed by atoms with Gasteiger partial charge in [-0.05, 0) is 24.3 Å². The molecule has 25 heavy (non-hydrogen) atoms. The fourth-order valence-corrected chi connectivity index (χ4v) is 3.63. The number of halogens is 1. The van der Waals surface area contributed by atoms with Gasteiger partial charge in [-0.2, -0.15) is 0 Å². The Morgan fingerprint density at radius 2 is 1.72 bits per heavy atom. The summed E-state index contributed by atoms with van der Waals surface area (Å²) in [5, 5.41) is 1.85. The zero-order valence-electron chi connectivity index (χ0n) is 13.4. The summed E-state index contributed by atoms with van der Waals surface area (Å²) in [6.07, 6.45) is 1.66. The molecule has 0 saturated carbocycles. The smallest absolute Gasteiger partial charge is 0.241 e. The van der Waals surface area contributed by atoms with E-state index in [-0.39, 0.29) is 18.0 Å². The number of nitrogens with one attached hydrogen (secondary N) is 1. The fraction of sp³-hybridized carbons (Fsp3) is 0.118. The average Bonchev–Trinajstić information content (AvgIpc) is 2.61. The van der Waals surface area contributed by atoms with Crippen LogP contribution in [0.15, 0.2) is 65.7 Å². The summed E-state index contributed by atoms with van der Waals surface area (Å²) >= 11 is 6.05. The fourth-order valence-electron chi connectivity index (χ4n) is 2.12. The Labute approximate surface area is 151 Å². The second-order valence-corrected chi connectivity index (χ2v) is 7.17. The number of nitrogens with zero attached hydrogens (tertiary/aromatic N) is 1. The van der Waals surface area contributed by atoms with Crippen molar-refractivity contribution in [2.75, 3.05) is 18.8 Å². The number of aromatic nitrogens is 1. The van der Waals surface area contributed by atoms with Crippen LogP contribution >= 0.6 is 11.6 Å². The van der Waals surface area contributed by atoms with E-state index in [4.69, 9.17) is 23.1 Å². The number of benzene rings is 2. The summed E-state index contributed by atoms with van der Waals surface area (Å²) in [5.74, 6) is 0.572. The van der Waals surface area contributed by atoms with Crippen molar-refractivity contribution in [3.8, 4) is 0 Å². The van der Waals surface area contributed by atoms with Gasteiger partial charge >= 0.3 is 0 Å². The lowest BCUT2D eigenvalue weighted by Crippen LogP contribution is -2.29.